The van der Waals surface area contributed by atoms with Crippen molar-refractivity contribution in [2.75, 3.05) is 7.05 Å². The van der Waals surface area contributed by atoms with Crippen LogP contribution < -0.4 is 5.32 Å². The molecule has 0 rings (SSSR count). The van der Waals surface area contributed by atoms with Crippen molar-refractivity contribution >= 4 is 5.91 Å². The zero-order chi connectivity index (χ0) is 8.85. The molecule has 64 valence electrons. The summed E-state index contributed by atoms with van der Waals surface area (Å²) in [6, 6.07) is 0. The Labute approximate surface area is 68.7 Å². The second-order valence-electron chi connectivity index (χ2n) is 2.74. The number of carbonyl (C=O) groups is 1. The van der Waals surface area contributed by atoms with Crippen molar-refractivity contribution in [2.24, 2.45) is 5.92 Å². The third kappa shape index (κ3) is 3.21. The van der Waals surface area contributed by atoms with E-state index in [0.29, 0.717) is 0 Å². The summed E-state index contributed by atoms with van der Waals surface area (Å²) in [7, 11) is 1.65. The predicted octanol–water partition coefficient (Wildman–Crippen LogP) is 1.72. The minimum atomic E-state index is -0.0417. The molecule has 0 bridgehead atoms. The van der Waals surface area contributed by atoms with Crippen LogP contribution in [0.15, 0.2) is 12.2 Å². The van der Waals surface area contributed by atoms with E-state index in [1.807, 2.05) is 6.92 Å². The first-order chi connectivity index (χ1) is 5.13. The molecule has 1 N–H and O–H groups in total. The van der Waals surface area contributed by atoms with E-state index in [1.54, 1.807) is 7.05 Å². The van der Waals surface area contributed by atoms with Crippen molar-refractivity contribution in [3.63, 3.8) is 0 Å². The van der Waals surface area contributed by atoms with Gasteiger partial charge in [0, 0.05) is 7.05 Å². The molecule has 0 heterocycles. The number of amides is 1. The molecule has 0 aliphatic heterocycles. The Bertz CT molecular complexity index is 152. The zero-order valence-electron chi connectivity index (χ0n) is 7.61. The van der Waals surface area contributed by atoms with Crippen molar-refractivity contribution in [3.05, 3.63) is 12.2 Å². The highest BCUT2D eigenvalue weighted by molar-refractivity contribution is 5.80. The molecule has 0 saturated carbocycles. The van der Waals surface area contributed by atoms with Gasteiger partial charge in [0.15, 0.2) is 0 Å². The highest BCUT2D eigenvalue weighted by Crippen LogP contribution is 2.13. The fraction of sp³-hybridized carbons (Fsp3) is 0.667. The monoisotopic (exact) mass is 155 g/mol. The molecule has 0 aromatic heterocycles. The lowest BCUT2D eigenvalue weighted by Gasteiger charge is -2.11. The normalized spacial score (nSPS) is 12.3. The first-order valence-electron chi connectivity index (χ1n) is 4.02. The quantitative estimate of drug-likeness (QED) is 0.615. The maximum Gasteiger partial charge on any atom is 0.226 e. The number of hydrogen-bond donors (Lipinski definition) is 1. The first-order valence-corrected chi connectivity index (χ1v) is 4.02. The topological polar surface area (TPSA) is 29.1 Å². The van der Waals surface area contributed by atoms with Crippen LogP contribution in [0.25, 0.3) is 0 Å². The summed E-state index contributed by atoms with van der Waals surface area (Å²) >= 11 is 0. The van der Waals surface area contributed by atoms with E-state index in [4.69, 9.17) is 0 Å². The molecular formula is C9H17NO. The molecule has 0 aliphatic rings. The van der Waals surface area contributed by atoms with E-state index in [-0.39, 0.29) is 11.8 Å². The van der Waals surface area contributed by atoms with Crippen LogP contribution in [0.4, 0.5) is 0 Å². The molecule has 1 amide bonds. The van der Waals surface area contributed by atoms with Gasteiger partial charge in [0.1, 0.15) is 0 Å². The number of carbonyl (C=O) groups excluding carboxylic acids is 1. The Morgan fingerprint density at radius 3 is 2.55 bits per heavy atom. The summed E-state index contributed by atoms with van der Waals surface area (Å²) in [6.45, 7) is 7.82. The first kappa shape index (κ1) is 10.2. The van der Waals surface area contributed by atoms with E-state index in [2.05, 4.69) is 18.8 Å². The van der Waals surface area contributed by atoms with E-state index < -0.39 is 0 Å². The van der Waals surface area contributed by atoms with Crippen LogP contribution in [0.1, 0.15) is 26.7 Å². The lowest BCUT2D eigenvalue weighted by Crippen LogP contribution is -2.26. The van der Waals surface area contributed by atoms with E-state index in [0.717, 1.165) is 18.4 Å². The van der Waals surface area contributed by atoms with Gasteiger partial charge in [0.05, 0.1) is 5.92 Å². The van der Waals surface area contributed by atoms with Crippen molar-refractivity contribution in [3.8, 4) is 0 Å². The van der Waals surface area contributed by atoms with Gasteiger partial charge in [-0.3, -0.25) is 4.79 Å². The lowest BCUT2D eigenvalue weighted by atomic mass is 9.98. The SMILES string of the molecule is C=C(CCC)C(C)C(=O)NC. The van der Waals surface area contributed by atoms with Crippen molar-refractivity contribution in [2.45, 2.75) is 26.7 Å². The van der Waals surface area contributed by atoms with Gasteiger partial charge >= 0.3 is 0 Å². The largest absolute Gasteiger partial charge is 0.359 e. The highest BCUT2D eigenvalue weighted by Gasteiger charge is 2.12. The number of nitrogens with one attached hydrogen (secondary N) is 1. The van der Waals surface area contributed by atoms with E-state index >= 15 is 0 Å². The Morgan fingerprint density at radius 2 is 2.18 bits per heavy atom. The maximum absolute atomic E-state index is 11.1. The van der Waals surface area contributed by atoms with Crippen LogP contribution in [0.5, 0.6) is 0 Å². The van der Waals surface area contributed by atoms with Crippen molar-refractivity contribution < 1.29 is 4.79 Å². The third-order valence-corrected chi connectivity index (χ3v) is 1.82. The van der Waals surface area contributed by atoms with Gasteiger partial charge in [0.25, 0.3) is 0 Å². The van der Waals surface area contributed by atoms with Gasteiger partial charge in [-0.05, 0) is 13.3 Å². The van der Waals surface area contributed by atoms with Crippen LogP contribution in [-0.4, -0.2) is 13.0 Å². The average molecular weight is 155 g/mol. The molecule has 2 nitrogen and oxygen atoms in total. The summed E-state index contributed by atoms with van der Waals surface area (Å²) in [6.07, 6.45) is 1.99. The minimum Gasteiger partial charge on any atom is -0.359 e. The molecule has 0 aliphatic carbocycles. The Hall–Kier alpha value is -0.790. The molecule has 0 aromatic rings. The molecule has 2 heteroatoms. The molecule has 0 saturated heterocycles. The number of hydrogen-bond acceptors (Lipinski definition) is 1. The van der Waals surface area contributed by atoms with Crippen molar-refractivity contribution in [1.29, 1.82) is 0 Å². The van der Waals surface area contributed by atoms with Crippen LogP contribution in [-0.2, 0) is 4.79 Å². The van der Waals surface area contributed by atoms with Gasteiger partial charge in [0.2, 0.25) is 5.91 Å². The standard InChI is InChI=1S/C9H17NO/c1-5-6-7(2)8(3)9(11)10-4/h8H,2,5-6H2,1,3-4H3,(H,10,11). The Morgan fingerprint density at radius 1 is 1.64 bits per heavy atom. The van der Waals surface area contributed by atoms with Crippen LogP contribution in [0.2, 0.25) is 0 Å². The molecule has 0 fully saturated rings. The zero-order valence-corrected chi connectivity index (χ0v) is 7.61. The van der Waals surface area contributed by atoms with Crippen LogP contribution in [0, 0.1) is 5.92 Å². The third-order valence-electron chi connectivity index (χ3n) is 1.82. The molecule has 11 heavy (non-hydrogen) atoms. The van der Waals surface area contributed by atoms with Crippen LogP contribution in [0.3, 0.4) is 0 Å². The van der Waals surface area contributed by atoms with Gasteiger partial charge in [-0.25, -0.2) is 0 Å². The molecular weight excluding hydrogens is 138 g/mol. The number of rotatable bonds is 4. The molecule has 0 spiro atoms. The van der Waals surface area contributed by atoms with E-state index in [9.17, 15) is 4.79 Å². The highest BCUT2D eigenvalue weighted by atomic mass is 16.1. The lowest BCUT2D eigenvalue weighted by molar-refractivity contribution is -0.122. The fourth-order valence-electron chi connectivity index (χ4n) is 0.940. The van der Waals surface area contributed by atoms with Gasteiger partial charge < -0.3 is 5.32 Å². The van der Waals surface area contributed by atoms with Gasteiger partial charge in [-0.2, -0.15) is 0 Å². The van der Waals surface area contributed by atoms with Crippen LogP contribution >= 0.6 is 0 Å². The Kier molecular flexibility index (Phi) is 4.59. The molecule has 1 atom stereocenters. The van der Waals surface area contributed by atoms with Gasteiger partial charge in [-0.15, -0.1) is 0 Å². The van der Waals surface area contributed by atoms with Gasteiger partial charge in [-0.1, -0.05) is 25.5 Å². The van der Waals surface area contributed by atoms with E-state index in [1.165, 1.54) is 0 Å². The smallest absolute Gasteiger partial charge is 0.226 e. The Balaban J connectivity index is 3.91. The fourth-order valence-corrected chi connectivity index (χ4v) is 0.940. The predicted molar refractivity (Wildman–Crippen MR) is 47.3 cm³/mol. The summed E-state index contributed by atoms with van der Waals surface area (Å²) in [4.78, 5) is 11.1. The summed E-state index contributed by atoms with van der Waals surface area (Å²) in [5, 5.41) is 2.60. The molecule has 1 unspecified atom stereocenters. The summed E-state index contributed by atoms with van der Waals surface area (Å²) in [5.41, 5.74) is 1.02. The minimum absolute atomic E-state index is 0.0417. The molecule has 0 aromatic carbocycles. The second-order valence-corrected chi connectivity index (χ2v) is 2.74. The maximum atomic E-state index is 11.1. The van der Waals surface area contributed by atoms with Crippen molar-refractivity contribution in [1.82, 2.24) is 5.32 Å². The second kappa shape index (κ2) is 4.94. The molecule has 0 radical (unpaired) electrons. The summed E-state index contributed by atoms with van der Waals surface area (Å²) < 4.78 is 0. The average Bonchev–Trinajstić information content (AvgIpc) is 2.02. The summed E-state index contributed by atoms with van der Waals surface area (Å²) in [5.74, 6) is 0.0170.